The van der Waals surface area contributed by atoms with Gasteiger partial charge in [-0.05, 0) is 67.8 Å². The number of aryl methyl sites for hydroxylation is 2. The van der Waals surface area contributed by atoms with E-state index in [2.05, 4.69) is 26.0 Å². The van der Waals surface area contributed by atoms with Gasteiger partial charge in [-0.25, -0.2) is 0 Å². The molecule has 0 aliphatic heterocycles. The highest BCUT2D eigenvalue weighted by molar-refractivity contribution is 5.42. The van der Waals surface area contributed by atoms with E-state index in [0.29, 0.717) is 5.41 Å². The van der Waals surface area contributed by atoms with Crippen molar-refractivity contribution >= 4 is 0 Å². The van der Waals surface area contributed by atoms with Crippen LogP contribution in [-0.2, 0) is 6.42 Å². The zero-order valence-corrected chi connectivity index (χ0v) is 10.5. The summed E-state index contributed by atoms with van der Waals surface area (Å²) in [5, 5.41) is 0. The van der Waals surface area contributed by atoms with Crippen LogP contribution in [-0.4, -0.2) is 13.7 Å². The molecule has 0 unspecified atom stereocenters. The number of hydrogen-bond donors (Lipinski definition) is 1. The molecule has 88 valence electrons. The lowest BCUT2D eigenvalue weighted by Crippen LogP contribution is -2.18. The summed E-state index contributed by atoms with van der Waals surface area (Å²) in [7, 11) is 1.73. The van der Waals surface area contributed by atoms with Crippen molar-refractivity contribution < 1.29 is 4.74 Å². The van der Waals surface area contributed by atoms with Gasteiger partial charge in [-0.15, -0.1) is 0 Å². The molecule has 0 aromatic heterocycles. The Kier molecular flexibility index (Phi) is 2.94. The van der Waals surface area contributed by atoms with Crippen LogP contribution in [0.3, 0.4) is 0 Å². The predicted octanol–water partition coefficient (Wildman–Crippen LogP) is 2.59. The first-order valence-corrected chi connectivity index (χ1v) is 5.94. The number of rotatable bonds is 4. The van der Waals surface area contributed by atoms with Crippen molar-refractivity contribution in [2.45, 2.75) is 33.1 Å². The molecule has 2 rings (SSSR count). The van der Waals surface area contributed by atoms with Gasteiger partial charge in [-0.2, -0.15) is 0 Å². The molecule has 2 nitrogen and oxygen atoms in total. The molecule has 1 aromatic carbocycles. The van der Waals surface area contributed by atoms with Gasteiger partial charge < -0.3 is 10.5 Å². The Morgan fingerprint density at radius 1 is 1.25 bits per heavy atom. The molecule has 0 bridgehead atoms. The second-order valence-corrected chi connectivity index (χ2v) is 5.13. The van der Waals surface area contributed by atoms with Gasteiger partial charge >= 0.3 is 0 Å². The molecule has 1 fully saturated rings. The summed E-state index contributed by atoms with van der Waals surface area (Å²) in [5.41, 5.74) is 10.2. The maximum atomic E-state index is 5.84. The molecule has 2 heteroatoms. The Labute approximate surface area is 97.8 Å². The Bertz CT molecular complexity index is 394. The van der Waals surface area contributed by atoms with Crippen LogP contribution in [0.25, 0.3) is 0 Å². The summed E-state index contributed by atoms with van der Waals surface area (Å²) in [5.74, 6) is 0.985. The van der Waals surface area contributed by atoms with Gasteiger partial charge in [-0.3, -0.25) is 0 Å². The molecule has 1 aliphatic carbocycles. The average Bonchev–Trinajstić information content (AvgIpc) is 3.03. The van der Waals surface area contributed by atoms with Crippen molar-refractivity contribution in [3.05, 3.63) is 28.8 Å². The van der Waals surface area contributed by atoms with Crippen LogP contribution in [0.1, 0.15) is 29.5 Å². The molecule has 0 radical (unpaired) electrons. The lowest BCUT2D eigenvalue weighted by molar-refractivity contribution is 0.410. The third-order valence-corrected chi connectivity index (χ3v) is 3.81. The first-order valence-electron chi connectivity index (χ1n) is 5.94. The van der Waals surface area contributed by atoms with E-state index in [1.54, 1.807) is 7.11 Å². The lowest BCUT2D eigenvalue weighted by atomic mass is 9.92. The quantitative estimate of drug-likeness (QED) is 0.844. The fourth-order valence-electron chi connectivity index (χ4n) is 2.29. The zero-order valence-electron chi connectivity index (χ0n) is 10.5. The van der Waals surface area contributed by atoms with Crippen molar-refractivity contribution in [3.63, 3.8) is 0 Å². The number of ether oxygens (including phenoxy) is 1. The highest BCUT2D eigenvalue weighted by Gasteiger charge is 2.41. The van der Waals surface area contributed by atoms with Crippen molar-refractivity contribution in [3.8, 4) is 5.75 Å². The number of methoxy groups -OCH3 is 1. The molecule has 1 aliphatic rings. The highest BCUT2D eigenvalue weighted by atomic mass is 16.5. The van der Waals surface area contributed by atoms with E-state index >= 15 is 0 Å². The van der Waals surface area contributed by atoms with Crippen LogP contribution in [0, 0.1) is 19.3 Å². The molecule has 0 saturated heterocycles. The van der Waals surface area contributed by atoms with Crippen molar-refractivity contribution in [2.24, 2.45) is 11.1 Å². The Hall–Kier alpha value is -1.02. The minimum Gasteiger partial charge on any atom is -0.496 e. The lowest BCUT2D eigenvalue weighted by Gasteiger charge is -2.16. The SMILES string of the molecule is COc1cc(C)c(CC2(CN)CC2)cc1C. The third kappa shape index (κ3) is 2.07. The summed E-state index contributed by atoms with van der Waals surface area (Å²) in [6, 6.07) is 4.39. The van der Waals surface area contributed by atoms with E-state index in [4.69, 9.17) is 10.5 Å². The fourth-order valence-corrected chi connectivity index (χ4v) is 2.29. The average molecular weight is 219 g/mol. The van der Waals surface area contributed by atoms with Gasteiger partial charge in [0.1, 0.15) is 5.75 Å². The molecule has 2 N–H and O–H groups in total. The normalized spacial score (nSPS) is 17.2. The van der Waals surface area contributed by atoms with E-state index in [1.165, 1.54) is 29.5 Å². The maximum Gasteiger partial charge on any atom is 0.122 e. The van der Waals surface area contributed by atoms with Gasteiger partial charge in [0.05, 0.1) is 7.11 Å². The van der Waals surface area contributed by atoms with Gasteiger partial charge in [-0.1, -0.05) is 6.07 Å². The number of nitrogens with two attached hydrogens (primary N) is 1. The Balaban J connectivity index is 2.25. The van der Waals surface area contributed by atoms with E-state index in [-0.39, 0.29) is 0 Å². The maximum absolute atomic E-state index is 5.84. The molecular formula is C14H21NO. The minimum atomic E-state index is 0.409. The summed E-state index contributed by atoms with van der Waals surface area (Å²) in [6.45, 7) is 5.07. The molecule has 0 spiro atoms. The highest BCUT2D eigenvalue weighted by Crippen LogP contribution is 2.47. The molecule has 1 saturated carbocycles. The van der Waals surface area contributed by atoms with Crippen LogP contribution in [0.4, 0.5) is 0 Å². The zero-order chi connectivity index (χ0) is 11.8. The van der Waals surface area contributed by atoms with Crippen molar-refractivity contribution in [1.82, 2.24) is 0 Å². The smallest absolute Gasteiger partial charge is 0.122 e. The Morgan fingerprint density at radius 3 is 2.44 bits per heavy atom. The summed E-state index contributed by atoms with van der Waals surface area (Å²) >= 11 is 0. The first kappa shape index (κ1) is 11.5. The number of hydrogen-bond acceptors (Lipinski definition) is 2. The summed E-state index contributed by atoms with van der Waals surface area (Å²) < 4.78 is 5.33. The van der Waals surface area contributed by atoms with E-state index in [1.807, 2.05) is 0 Å². The van der Waals surface area contributed by atoms with E-state index in [0.717, 1.165) is 18.7 Å². The summed E-state index contributed by atoms with van der Waals surface area (Å²) in [6.07, 6.45) is 3.70. The first-order chi connectivity index (χ1) is 7.60. The van der Waals surface area contributed by atoms with Crippen molar-refractivity contribution in [2.75, 3.05) is 13.7 Å². The second-order valence-electron chi connectivity index (χ2n) is 5.13. The second kappa shape index (κ2) is 4.10. The fraction of sp³-hybridized carbons (Fsp3) is 0.571. The molecule has 0 heterocycles. The van der Waals surface area contributed by atoms with Gasteiger partial charge in [0.2, 0.25) is 0 Å². The topological polar surface area (TPSA) is 35.2 Å². The standard InChI is InChI=1S/C14H21NO/c1-10-7-13(16-3)11(2)6-12(10)8-14(9-15)4-5-14/h6-7H,4-5,8-9,15H2,1-3H3. The molecule has 0 amide bonds. The molecular weight excluding hydrogens is 198 g/mol. The van der Waals surface area contributed by atoms with E-state index in [9.17, 15) is 0 Å². The third-order valence-electron chi connectivity index (χ3n) is 3.81. The minimum absolute atomic E-state index is 0.409. The largest absolute Gasteiger partial charge is 0.496 e. The van der Waals surface area contributed by atoms with Crippen LogP contribution in [0.2, 0.25) is 0 Å². The molecule has 1 aromatic rings. The molecule has 16 heavy (non-hydrogen) atoms. The Morgan fingerprint density at radius 2 is 1.94 bits per heavy atom. The van der Waals surface area contributed by atoms with Gasteiger partial charge in [0, 0.05) is 0 Å². The van der Waals surface area contributed by atoms with Gasteiger partial charge in [0.15, 0.2) is 0 Å². The van der Waals surface area contributed by atoms with Crippen LogP contribution < -0.4 is 10.5 Å². The van der Waals surface area contributed by atoms with Crippen molar-refractivity contribution in [1.29, 1.82) is 0 Å². The monoisotopic (exact) mass is 219 g/mol. The number of benzene rings is 1. The predicted molar refractivity (Wildman–Crippen MR) is 66.9 cm³/mol. The summed E-state index contributed by atoms with van der Waals surface area (Å²) in [4.78, 5) is 0. The van der Waals surface area contributed by atoms with Crippen LogP contribution in [0.15, 0.2) is 12.1 Å². The van der Waals surface area contributed by atoms with Gasteiger partial charge in [0.25, 0.3) is 0 Å². The van der Waals surface area contributed by atoms with Crippen LogP contribution in [0.5, 0.6) is 5.75 Å². The van der Waals surface area contributed by atoms with Crippen LogP contribution >= 0.6 is 0 Å². The molecule has 0 atom stereocenters. The van der Waals surface area contributed by atoms with E-state index < -0.39 is 0 Å².